The first-order valence-electron chi connectivity index (χ1n) is 9.83. The van der Waals surface area contributed by atoms with Crippen LogP contribution in [0, 0.1) is 0 Å². The molecule has 8 nitrogen and oxygen atoms in total. The number of likely N-dealkylation sites (tertiary alicyclic amines) is 1. The SMILES string of the molecule is CN(C(=O)OC(C)(C)C)c1ccc(C(=O)NC2CCN(C(=O)c3ccoc3)CC2)s1. The molecule has 0 unspecified atom stereocenters. The summed E-state index contributed by atoms with van der Waals surface area (Å²) < 4.78 is 10.3. The van der Waals surface area contributed by atoms with Gasteiger partial charge in [0.25, 0.3) is 11.8 Å². The van der Waals surface area contributed by atoms with Crippen LogP contribution in [0.15, 0.2) is 35.1 Å². The van der Waals surface area contributed by atoms with Gasteiger partial charge in [-0.15, -0.1) is 11.3 Å². The molecular formula is C21H27N3O5S. The number of hydrogen-bond acceptors (Lipinski definition) is 6. The molecule has 0 spiro atoms. The molecule has 3 rings (SSSR count). The molecule has 0 atom stereocenters. The van der Waals surface area contributed by atoms with E-state index in [0.717, 1.165) is 0 Å². The van der Waals surface area contributed by atoms with Crippen molar-refractivity contribution >= 4 is 34.2 Å². The molecular weight excluding hydrogens is 406 g/mol. The maximum atomic E-state index is 12.6. The number of nitrogens with one attached hydrogen (secondary N) is 1. The van der Waals surface area contributed by atoms with Crippen molar-refractivity contribution < 1.29 is 23.5 Å². The maximum Gasteiger partial charge on any atom is 0.415 e. The zero-order valence-electron chi connectivity index (χ0n) is 17.6. The normalized spacial score (nSPS) is 15.0. The van der Waals surface area contributed by atoms with Crippen LogP contribution in [0.2, 0.25) is 0 Å². The maximum absolute atomic E-state index is 12.6. The zero-order chi connectivity index (χ0) is 21.9. The number of rotatable bonds is 4. The summed E-state index contributed by atoms with van der Waals surface area (Å²) >= 11 is 1.23. The average molecular weight is 434 g/mol. The summed E-state index contributed by atoms with van der Waals surface area (Å²) in [4.78, 5) is 40.9. The van der Waals surface area contributed by atoms with Crippen LogP contribution in [0.1, 0.15) is 53.6 Å². The van der Waals surface area contributed by atoms with Crippen molar-refractivity contribution in [3.63, 3.8) is 0 Å². The molecule has 1 aliphatic heterocycles. The Balaban J connectivity index is 1.51. The van der Waals surface area contributed by atoms with Crippen molar-refractivity contribution in [1.29, 1.82) is 0 Å². The van der Waals surface area contributed by atoms with Crippen LogP contribution in [0.4, 0.5) is 9.80 Å². The summed E-state index contributed by atoms with van der Waals surface area (Å²) in [5, 5.41) is 3.66. The monoisotopic (exact) mass is 433 g/mol. The van der Waals surface area contributed by atoms with E-state index in [4.69, 9.17) is 9.15 Å². The number of thiophene rings is 1. The van der Waals surface area contributed by atoms with Crippen molar-refractivity contribution in [1.82, 2.24) is 10.2 Å². The Kier molecular flexibility index (Phi) is 6.50. The van der Waals surface area contributed by atoms with Crippen molar-refractivity contribution in [2.75, 3.05) is 25.0 Å². The van der Waals surface area contributed by atoms with E-state index in [-0.39, 0.29) is 17.9 Å². The van der Waals surface area contributed by atoms with Gasteiger partial charge in [0.1, 0.15) is 16.9 Å². The Morgan fingerprint density at radius 1 is 1.20 bits per heavy atom. The fourth-order valence-electron chi connectivity index (χ4n) is 3.10. The molecule has 3 heterocycles. The Bertz CT molecular complexity index is 892. The van der Waals surface area contributed by atoms with Gasteiger partial charge in [0, 0.05) is 26.2 Å². The minimum Gasteiger partial charge on any atom is -0.472 e. The molecule has 1 fully saturated rings. The summed E-state index contributed by atoms with van der Waals surface area (Å²) in [5.41, 5.74) is -0.0471. The quantitative estimate of drug-likeness (QED) is 0.793. The minimum atomic E-state index is -0.587. The van der Waals surface area contributed by atoms with Gasteiger partial charge < -0.3 is 19.4 Å². The number of ether oxygens (including phenoxy) is 1. The van der Waals surface area contributed by atoms with Gasteiger partial charge in [0.2, 0.25) is 0 Å². The lowest BCUT2D eigenvalue weighted by molar-refractivity contribution is 0.0589. The van der Waals surface area contributed by atoms with Crippen LogP contribution in [0.5, 0.6) is 0 Å². The highest BCUT2D eigenvalue weighted by Gasteiger charge is 2.26. The topological polar surface area (TPSA) is 92.1 Å². The van der Waals surface area contributed by atoms with Crippen LogP contribution in [-0.2, 0) is 4.74 Å². The number of carbonyl (C=O) groups is 3. The Morgan fingerprint density at radius 3 is 2.50 bits per heavy atom. The molecule has 0 saturated carbocycles. The zero-order valence-corrected chi connectivity index (χ0v) is 18.5. The Labute approximate surface area is 179 Å². The fourth-order valence-corrected chi connectivity index (χ4v) is 3.96. The lowest BCUT2D eigenvalue weighted by Crippen LogP contribution is -2.46. The van der Waals surface area contributed by atoms with Gasteiger partial charge in [0.15, 0.2) is 0 Å². The second-order valence-corrected chi connectivity index (χ2v) is 9.29. The van der Waals surface area contributed by atoms with Crippen LogP contribution >= 0.6 is 11.3 Å². The molecule has 1 aliphatic rings. The Hall–Kier alpha value is -2.81. The third-order valence-corrected chi connectivity index (χ3v) is 5.86. The number of amides is 3. The highest BCUT2D eigenvalue weighted by Crippen LogP contribution is 2.27. The fraction of sp³-hybridized carbons (Fsp3) is 0.476. The highest BCUT2D eigenvalue weighted by molar-refractivity contribution is 7.18. The molecule has 9 heteroatoms. The van der Waals surface area contributed by atoms with E-state index in [2.05, 4.69) is 5.32 Å². The molecule has 2 aromatic heterocycles. The lowest BCUT2D eigenvalue weighted by Gasteiger charge is -2.32. The van der Waals surface area contributed by atoms with Gasteiger partial charge in [-0.2, -0.15) is 0 Å². The van der Waals surface area contributed by atoms with Gasteiger partial charge in [-0.1, -0.05) is 0 Å². The van der Waals surface area contributed by atoms with Gasteiger partial charge in [0.05, 0.1) is 16.7 Å². The Morgan fingerprint density at radius 2 is 1.90 bits per heavy atom. The van der Waals surface area contributed by atoms with Crippen LogP contribution in [0.25, 0.3) is 0 Å². The van der Waals surface area contributed by atoms with E-state index in [1.165, 1.54) is 28.8 Å². The van der Waals surface area contributed by atoms with Crippen molar-refractivity contribution in [2.24, 2.45) is 0 Å². The molecule has 3 amide bonds. The van der Waals surface area contributed by atoms with Crippen molar-refractivity contribution in [2.45, 2.75) is 45.3 Å². The summed E-state index contributed by atoms with van der Waals surface area (Å²) in [5.74, 6) is -0.231. The first kappa shape index (κ1) is 21.9. The predicted molar refractivity (Wildman–Crippen MR) is 114 cm³/mol. The van der Waals surface area contributed by atoms with E-state index in [9.17, 15) is 14.4 Å². The van der Waals surface area contributed by atoms with Gasteiger partial charge in [-0.05, 0) is 51.8 Å². The minimum absolute atomic E-state index is 0.0000326. The number of hydrogen-bond donors (Lipinski definition) is 1. The third-order valence-electron chi connectivity index (χ3n) is 4.70. The molecule has 0 bridgehead atoms. The third kappa shape index (κ3) is 5.41. The molecule has 0 radical (unpaired) electrons. The van der Waals surface area contributed by atoms with Crippen molar-refractivity contribution in [3.8, 4) is 0 Å². The number of carbonyl (C=O) groups excluding carboxylic acids is 3. The summed E-state index contributed by atoms with van der Waals surface area (Å²) in [6, 6.07) is 5.09. The van der Waals surface area contributed by atoms with Crippen LogP contribution < -0.4 is 10.2 Å². The van der Waals surface area contributed by atoms with E-state index in [0.29, 0.717) is 41.4 Å². The van der Waals surface area contributed by atoms with Gasteiger partial charge in [-0.25, -0.2) is 4.79 Å². The predicted octanol–water partition coefficient (Wildman–Crippen LogP) is 3.75. The summed E-state index contributed by atoms with van der Waals surface area (Å²) in [6.07, 6.45) is 3.83. The molecule has 1 saturated heterocycles. The first-order valence-corrected chi connectivity index (χ1v) is 10.6. The smallest absolute Gasteiger partial charge is 0.415 e. The molecule has 1 N–H and O–H groups in total. The molecule has 0 aromatic carbocycles. The lowest BCUT2D eigenvalue weighted by atomic mass is 10.0. The van der Waals surface area contributed by atoms with Gasteiger partial charge >= 0.3 is 6.09 Å². The average Bonchev–Trinajstić information content (AvgIpc) is 3.38. The van der Waals surface area contributed by atoms with E-state index >= 15 is 0 Å². The number of nitrogens with zero attached hydrogens (tertiary/aromatic N) is 2. The van der Waals surface area contributed by atoms with Crippen LogP contribution in [-0.4, -0.2) is 54.6 Å². The van der Waals surface area contributed by atoms with Crippen molar-refractivity contribution in [3.05, 3.63) is 41.2 Å². The van der Waals surface area contributed by atoms with Gasteiger partial charge in [-0.3, -0.25) is 14.5 Å². The number of piperidine rings is 1. The number of furan rings is 1. The van der Waals surface area contributed by atoms with E-state index in [1.807, 2.05) is 0 Å². The molecule has 30 heavy (non-hydrogen) atoms. The molecule has 162 valence electrons. The van der Waals surface area contributed by atoms with Crippen LogP contribution in [0.3, 0.4) is 0 Å². The summed E-state index contributed by atoms with van der Waals surface area (Å²) in [6.45, 7) is 6.57. The second-order valence-electron chi connectivity index (χ2n) is 8.23. The standard InChI is InChI=1S/C21H27N3O5S/c1-21(2,3)29-20(27)23(4)17-6-5-16(30-17)18(25)22-15-7-10-24(11-8-15)19(26)14-9-12-28-13-14/h5-6,9,12-13,15H,7-8,10-11H2,1-4H3,(H,22,25). The molecule has 2 aromatic rings. The molecule has 0 aliphatic carbocycles. The highest BCUT2D eigenvalue weighted by atomic mass is 32.1. The largest absolute Gasteiger partial charge is 0.472 e. The number of anilines is 1. The van der Waals surface area contributed by atoms with E-state index < -0.39 is 11.7 Å². The first-order chi connectivity index (χ1) is 14.1. The van der Waals surface area contributed by atoms with E-state index in [1.54, 1.807) is 50.9 Å². The second kappa shape index (κ2) is 8.91. The summed E-state index contributed by atoms with van der Waals surface area (Å²) in [7, 11) is 1.62.